The van der Waals surface area contributed by atoms with Gasteiger partial charge in [-0.15, -0.1) is 0 Å². The smallest absolute Gasteiger partial charge is 0.216 e. The highest BCUT2D eigenvalue weighted by atomic mass is 35.5. The lowest BCUT2D eigenvalue weighted by Gasteiger charge is -2.13. The fraction of sp³-hybridized carbons (Fsp3) is 0.0870. The van der Waals surface area contributed by atoms with E-state index in [9.17, 15) is 18.1 Å². The van der Waals surface area contributed by atoms with Crippen LogP contribution < -0.4 is 9.47 Å². The highest BCUT2D eigenvalue weighted by Crippen LogP contribution is 2.31. The average Bonchev–Trinajstić information content (AvgIpc) is 2.78. The van der Waals surface area contributed by atoms with Gasteiger partial charge >= 0.3 is 0 Å². The van der Waals surface area contributed by atoms with Gasteiger partial charge in [0.05, 0.1) is 17.0 Å². The first-order chi connectivity index (χ1) is 14.9. The summed E-state index contributed by atoms with van der Waals surface area (Å²) < 4.78 is 50.3. The van der Waals surface area contributed by atoms with Crippen LogP contribution in [0.25, 0.3) is 6.08 Å². The number of benzene rings is 3. The molecule has 0 aliphatic heterocycles. The van der Waals surface area contributed by atoms with Crippen LogP contribution in [0.15, 0.2) is 76.5 Å². The van der Waals surface area contributed by atoms with E-state index in [0.29, 0.717) is 11.3 Å². The van der Waals surface area contributed by atoms with E-state index in [-0.39, 0.29) is 27.8 Å². The van der Waals surface area contributed by atoms with Gasteiger partial charge < -0.3 is 9.47 Å². The molecule has 0 radical (unpaired) electrons. The van der Waals surface area contributed by atoms with Gasteiger partial charge in [0.1, 0.15) is 23.4 Å². The van der Waals surface area contributed by atoms with Crippen LogP contribution in [0.2, 0.25) is 5.02 Å². The van der Waals surface area contributed by atoms with Gasteiger partial charge in [-0.2, -0.15) is 5.26 Å². The molecule has 3 aromatic rings. The topological polar surface area (TPSA) is 76.4 Å². The molecule has 0 N–H and O–H groups in total. The number of rotatable bonds is 7. The Bertz CT molecular complexity index is 1250. The van der Waals surface area contributed by atoms with Gasteiger partial charge in [0.15, 0.2) is 11.5 Å². The molecule has 0 amide bonds. The summed E-state index contributed by atoms with van der Waals surface area (Å²) in [4.78, 5) is -0.385. The van der Waals surface area contributed by atoms with Crippen molar-refractivity contribution in [1.29, 1.82) is 5.26 Å². The maximum Gasteiger partial charge on any atom is 0.216 e. The van der Waals surface area contributed by atoms with Crippen LogP contribution in [0.4, 0.5) is 4.39 Å². The van der Waals surface area contributed by atoms with Gasteiger partial charge in [-0.25, -0.2) is 12.8 Å². The van der Waals surface area contributed by atoms with Crippen molar-refractivity contribution in [2.24, 2.45) is 0 Å². The minimum absolute atomic E-state index is 0.0245. The molecule has 0 aliphatic rings. The van der Waals surface area contributed by atoms with Crippen molar-refractivity contribution >= 4 is 27.5 Å². The molecule has 0 heterocycles. The van der Waals surface area contributed by atoms with E-state index in [0.717, 1.165) is 0 Å². The number of hydrogen-bond acceptors (Lipinski definition) is 5. The zero-order valence-electron chi connectivity index (χ0n) is 16.4. The minimum atomic E-state index is -3.96. The third-order valence-corrected chi connectivity index (χ3v) is 6.41. The van der Waals surface area contributed by atoms with Gasteiger partial charge in [0.25, 0.3) is 0 Å². The zero-order chi connectivity index (χ0) is 22.4. The van der Waals surface area contributed by atoms with Crippen molar-refractivity contribution in [3.63, 3.8) is 0 Å². The maximum absolute atomic E-state index is 13.9. The summed E-state index contributed by atoms with van der Waals surface area (Å²) in [6.07, 6.45) is 1.25. The second kappa shape index (κ2) is 9.65. The molecule has 31 heavy (non-hydrogen) atoms. The Morgan fingerprint density at radius 3 is 2.48 bits per heavy atom. The van der Waals surface area contributed by atoms with Crippen LogP contribution >= 0.6 is 11.6 Å². The zero-order valence-corrected chi connectivity index (χ0v) is 18.0. The molecular weight excluding hydrogens is 441 g/mol. The van der Waals surface area contributed by atoms with E-state index >= 15 is 0 Å². The number of ether oxygens (including phenoxy) is 2. The van der Waals surface area contributed by atoms with E-state index in [4.69, 9.17) is 21.1 Å². The Balaban J connectivity index is 1.89. The van der Waals surface area contributed by atoms with Crippen LogP contribution in [0.5, 0.6) is 11.5 Å². The minimum Gasteiger partial charge on any atom is -0.493 e. The number of sulfone groups is 1. The molecule has 0 aliphatic carbocycles. The number of nitriles is 1. The third kappa shape index (κ3) is 5.05. The van der Waals surface area contributed by atoms with Crippen molar-refractivity contribution in [1.82, 2.24) is 0 Å². The van der Waals surface area contributed by atoms with Crippen LogP contribution in [-0.4, -0.2) is 15.5 Å². The number of methoxy groups -OCH3 is 1. The molecule has 0 saturated carbocycles. The highest BCUT2D eigenvalue weighted by Gasteiger charge is 2.20. The fourth-order valence-electron chi connectivity index (χ4n) is 2.76. The quantitative estimate of drug-likeness (QED) is 0.443. The van der Waals surface area contributed by atoms with Crippen LogP contribution in [0.3, 0.4) is 0 Å². The summed E-state index contributed by atoms with van der Waals surface area (Å²) in [5.74, 6) is 0.106. The Kier molecular flexibility index (Phi) is 6.95. The molecular formula is C23H17ClFNO4S. The van der Waals surface area contributed by atoms with E-state index in [1.165, 1.54) is 43.5 Å². The lowest BCUT2D eigenvalue weighted by atomic mass is 10.2. The third-order valence-electron chi connectivity index (χ3n) is 4.37. The lowest BCUT2D eigenvalue weighted by Crippen LogP contribution is -2.03. The van der Waals surface area contributed by atoms with Gasteiger partial charge in [-0.05, 0) is 48.0 Å². The molecule has 0 bridgehead atoms. The van der Waals surface area contributed by atoms with Crippen LogP contribution in [-0.2, 0) is 16.4 Å². The van der Waals surface area contributed by atoms with Crippen molar-refractivity contribution in [2.75, 3.05) is 7.11 Å². The van der Waals surface area contributed by atoms with Crippen molar-refractivity contribution < 1.29 is 22.3 Å². The summed E-state index contributed by atoms with van der Waals surface area (Å²) in [5.41, 5.74) is 0.625. The van der Waals surface area contributed by atoms with Crippen molar-refractivity contribution in [2.45, 2.75) is 11.5 Å². The van der Waals surface area contributed by atoms with E-state index in [2.05, 4.69) is 0 Å². The van der Waals surface area contributed by atoms with E-state index < -0.39 is 20.6 Å². The van der Waals surface area contributed by atoms with Gasteiger partial charge in [-0.3, -0.25) is 0 Å². The number of allylic oxidation sites excluding steroid dienone is 1. The van der Waals surface area contributed by atoms with Gasteiger partial charge in [-0.1, -0.05) is 41.9 Å². The Labute approximate surface area is 184 Å². The average molecular weight is 458 g/mol. The fourth-order valence-corrected chi connectivity index (χ4v) is 4.16. The Hall–Kier alpha value is -3.34. The summed E-state index contributed by atoms with van der Waals surface area (Å²) in [7, 11) is -2.55. The molecule has 0 unspecified atom stereocenters. The molecule has 5 nitrogen and oxygen atoms in total. The molecule has 0 saturated heterocycles. The summed E-state index contributed by atoms with van der Waals surface area (Å²) in [5, 5.41) is 9.67. The van der Waals surface area contributed by atoms with Gasteiger partial charge in [0, 0.05) is 5.56 Å². The molecule has 0 aromatic heterocycles. The van der Waals surface area contributed by atoms with Crippen LogP contribution in [0, 0.1) is 17.1 Å². The lowest BCUT2D eigenvalue weighted by molar-refractivity contribution is 0.280. The van der Waals surface area contributed by atoms with Crippen molar-refractivity contribution in [3.05, 3.63) is 93.6 Å². The predicted molar refractivity (Wildman–Crippen MR) is 116 cm³/mol. The Morgan fingerprint density at radius 2 is 1.84 bits per heavy atom. The normalized spacial score (nSPS) is 11.6. The summed E-state index contributed by atoms with van der Waals surface area (Å²) in [6, 6.07) is 18.4. The Morgan fingerprint density at radius 1 is 1.10 bits per heavy atom. The molecule has 0 atom stereocenters. The molecule has 8 heteroatoms. The molecule has 158 valence electrons. The van der Waals surface area contributed by atoms with Crippen LogP contribution in [0.1, 0.15) is 11.1 Å². The van der Waals surface area contributed by atoms with E-state index in [1.54, 1.807) is 42.5 Å². The summed E-state index contributed by atoms with van der Waals surface area (Å²) in [6.45, 7) is -0.122. The standard InChI is InChI=1S/C23H17ClFNO4S/c1-29-23-13-16(12-18(14-26)31(27,28)17-6-3-2-4-7-17)10-11-22(23)30-15-19-20(24)8-5-9-21(19)25/h2-13H,15H2,1H3. The molecule has 3 aromatic carbocycles. The highest BCUT2D eigenvalue weighted by molar-refractivity contribution is 7.95. The molecule has 0 spiro atoms. The van der Waals surface area contributed by atoms with Crippen molar-refractivity contribution in [3.8, 4) is 17.6 Å². The first-order valence-corrected chi connectivity index (χ1v) is 10.9. The monoisotopic (exact) mass is 457 g/mol. The SMILES string of the molecule is COc1cc(C=C(C#N)S(=O)(=O)c2ccccc2)ccc1OCc1c(F)cccc1Cl. The number of hydrogen-bond donors (Lipinski definition) is 0. The first-order valence-electron chi connectivity index (χ1n) is 9.02. The predicted octanol–water partition coefficient (Wildman–Crippen LogP) is 5.41. The number of nitrogens with zero attached hydrogens (tertiary/aromatic N) is 1. The first kappa shape index (κ1) is 22.3. The molecule has 0 fully saturated rings. The van der Waals surface area contributed by atoms with Gasteiger partial charge in [0.2, 0.25) is 9.84 Å². The second-order valence-corrected chi connectivity index (χ2v) is 8.66. The summed E-state index contributed by atoms with van der Waals surface area (Å²) >= 11 is 6.01. The second-order valence-electron chi connectivity index (χ2n) is 6.34. The largest absolute Gasteiger partial charge is 0.493 e. The maximum atomic E-state index is 13.9. The molecule has 3 rings (SSSR count). The number of halogens is 2. The van der Waals surface area contributed by atoms with E-state index in [1.807, 2.05) is 0 Å².